The summed E-state index contributed by atoms with van der Waals surface area (Å²) in [6.07, 6.45) is 6.48. The minimum Gasteiger partial charge on any atom is -0.392 e. The fourth-order valence-corrected chi connectivity index (χ4v) is 2.32. The van der Waals surface area contributed by atoms with Gasteiger partial charge in [0.25, 0.3) is 0 Å². The Morgan fingerprint density at radius 2 is 2.45 bits per heavy atom. The molecule has 3 heterocycles. The summed E-state index contributed by atoms with van der Waals surface area (Å²) in [7, 11) is 0. The third-order valence-electron chi connectivity index (χ3n) is 3.41. The number of nitrogens with zero attached hydrogens (tertiary/aromatic N) is 4. The van der Waals surface area contributed by atoms with Crippen molar-refractivity contribution in [1.82, 2.24) is 19.5 Å². The Hall–Kier alpha value is -2.24. The van der Waals surface area contributed by atoms with E-state index < -0.39 is 17.9 Å². The van der Waals surface area contributed by atoms with Crippen LogP contribution in [0.15, 0.2) is 6.33 Å². The van der Waals surface area contributed by atoms with E-state index in [1.54, 1.807) is 4.57 Å². The second kappa shape index (κ2) is 4.40. The average Bonchev–Trinajstić information content (AvgIpc) is 3.02. The van der Waals surface area contributed by atoms with E-state index in [9.17, 15) is 9.50 Å². The molecule has 7 nitrogen and oxygen atoms in total. The smallest absolute Gasteiger partial charge is 0.312 e. The molecule has 0 radical (unpaired) electrons. The van der Waals surface area contributed by atoms with Gasteiger partial charge >= 0.3 is 6.08 Å². The fraction of sp³-hybridized carbons (Fsp3) is 0.417. The molecule has 104 valence electrons. The molecule has 1 saturated heterocycles. The standard InChI is InChI=1S/C12H12FN5O2/c1-2-12(5-19)4-3-7(20-12)18-6-15-8-9(14)16-11(13)17-10(8)18/h1,6-7,19H,3-5H2,(H2,14,16,17)/t7?,12-/m0/s1. The van der Waals surface area contributed by atoms with Crippen molar-refractivity contribution in [1.29, 1.82) is 0 Å². The lowest BCUT2D eigenvalue weighted by atomic mass is 10.0. The lowest BCUT2D eigenvalue weighted by molar-refractivity contribution is -0.0618. The number of imidazole rings is 1. The molecule has 0 amide bonds. The van der Waals surface area contributed by atoms with Crippen LogP contribution in [-0.2, 0) is 4.74 Å². The van der Waals surface area contributed by atoms with Gasteiger partial charge < -0.3 is 15.6 Å². The molecule has 20 heavy (non-hydrogen) atoms. The minimum atomic E-state index is -1.02. The molecular formula is C12H12FN5O2. The number of anilines is 1. The maximum absolute atomic E-state index is 13.3. The van der Waals surface area contributed by atoms with Gasteiger partial charge in [-0.05, 0) is 12.8 Å². The molecule has 1 aliphatic rings. The SMILES string of the molecule is C#C[C@@]1(CO)CCC(n2cnc3c(N)nc(F)nc32)O1. The molecule has 1 aliphatic heterocycles. The van der Waals surface area contributed by atoms with Gasteiger partial charge in [0.1, 0.15) is 6.23 Å². The average molecular weight is 277 g/mol. The number of aromatic nitrogens is 4. The summed E-state index contributed by atoms with van der Waals surface area (Å²) in [4.78, 5) is 11.2. The van der Waals surface area contributed by atoms with E-state index in [0.717, 1.165) is 0 Å². The normalized spacial score (nSPS) is 25.9. The Balaban J connectivity index is 2.03. The zero-order valence-corrected chi connectivity index (χ0v) is 10.5. The number of terminal acetylenes is 1. The minimum absolute atomic E-state index is 0.0328. The molecule has 0 spiro atoms. The molecule has 0 aliphatic carbocycles. The summed E-state index contributed by atoms with van der Waals surface area (Å²) in [6.45, 7) is -0.280. The summed E-state index contributed by atoms with van der Waals surface area (Å²) < 4.78 is 20.5. The molecular weight excluding hydrogens is 265 g/mol. The Morgan fingerprint density at radius 3 is 3.10 bits per heavy atom. The number of fused-ring (bicyclic) bond motifs is 1. The van der Waals surface area contributed by atoms with Gasteiger partial charge in [-0.25, -0.2) is 4.98 Å². The van der Waals surface area contributed by atoms with E-state index in [0.29, 0.717) is 18.4 Å². The van der Waals surface area contributed by atoms with Gasteiger partial charge in [-0.1, -0.05) is 5.92 Å². The predicted molar refractivity (Wildman–Crippen MR) is 67.7 cm³/mol. The molecule has 1 unspecified atom stereocenters. The second-order valence-electron chi connectivity index (χ2n) is 4.61. The number of aliphatic hydroxyl groups excluding tert-OH is 1. The summed E-state index contributed by atoms with van der Waals surface area (Å²) in [5.41, 5.74) is 5.12. The van der Waals surface area contributed by atoms with Crippen LogP contribution in [0.5, 0.6) is 0 Å². The Kier molecular flexibility index (Phi) is 2.81. The molecule has 0 saturated carbocycles. The lowest BCUT2D eigenvalue weighted by Crippen LogP contribution is -2.31. The van der Waals surface area contributed by atoms with E-state index in [1.165, 1.54) is 6.33 Å². The number of ether oxygens (including phenoxy) is 1. The third-order valence-corrected chi connectivity index (χ3v) is 3.41. The lowest BCUT2D eigenvalue weighted by Gasteiger charge is -2.21. The highest BCUT2D eigenvalue weighted by molar-refractivity contribution is 5.81. The zero-order chi connectivity index (χ0) is 14.3. The molecule has 3 rings (SSSR count). The van der Waals surface area contributed by atoms with Crippen LogP contribution in [0.1, 0.15) is 19.1 Å². The third kappa shape index (κ3) is 1.79. The van der Waals surface area contributed by atoms with Crippen molar-refractivity contribution in [3.8, 4) is 12.3 Å². The summed E-state index contributed by atoms with van der Waals surface area (Å²) >= 11 is 0. The fourth-order valence-electron chi connectivity index (χ4n) is 2.32. The second-order valence-corrected chi connectivity index (χ2v) is 4.61. The molecule has 0 aromatic carbocycles. The summed E-state index contributed by atoms with van der Waals surface area (Å²) in [6, 6.07) is 0. The molecule has 3 N–H and O–H groups in total. The summed E-state index contributed by atoms with van der Waals surface area (Å²) in [5.74, 6) is 2.42. The topological polar surface area (TPSA) is 99.1 Å². The number of hydrogen-bond acceptors (Lipinski definition) is 6. The van der Waals surface area contributed by atoms with Gasteiger partial charge in [-0.15, -0.1) is 6.42 Å². The Morgan fingerprint density at radius 1 is 1.65 bits per heavy atom. The maximum Gasteiger partial charge on any atom is 0.312 e. The van der Waals surface area contributed by atoms with Gasteiger partial charge in [-0.2, -0.15) is 14.4 Å². The van der Waals surface area contributed by atoms with Crippen LogP contribution < -0.4 is 5.73 Å². The van der Waals surface area contributed by atoms with Crippen LogP contribution in [0.2, 0.25) is 0 Å². The van der Waals surface area contributed by atoms with Crippen molar-refractivity contribution in [2.24, 2.45) is 0 Å². The van der Waals surface area contributed by atoms with Crippen LogP contribution in [0.4, 0.5) is 10.2 Å². The first-order valence-electron chi connectivity index (χ1n) is 6.00. The van der Waals surface area contributed by atoms with Crippen LogP contribution >= 0.6 is 0 Å². The highest BCUT2D eigenvalue weighted by atomic mass is 19.1. The van der Waals surface area contributed by atoms with Crippen molar-refractivity contribution in [3.05, 3.63) is 12.4 Å². The largest absolute Gasteiger partial charge is 0.392 e. The highest BCUT2D eigenvalue weighted by Crippen LogP contribution is 2.37. The predicted octanol–water partition coefficient (Wildman–Crippen LogP) is 0.221. The van der Waals surface area contributed by atoms with Crippen LogP contribution in [0, 0.1) is 18.4 Å². The van der Waals surface area contributed by atoms with E-state index in [2.05, 4.69) is 20.9 Å². The number of aliphatic hydroxyl groups is 1. The maximum atomic E-state index is 13.3. The number of rotatable bonds is 2. The molecule has 2 atom stereocenters. The molecule has 1 fully saturated rings. The number of nitrogen functional groups attached to an aromatic ring is 1. The van der Waals surface area contributed by atoms with Crippen molar-refractivity contribution >= 4 is 17.0 Å². The Labute approximate surface area is 113 Å². The van der Waals surface area contributed by atoms with Crippen molar-refractivity contribution in [2.45, 2.75) is 24.7 Å². The van der Waals surface area contributed by atoms with Crippen molar-refractivity contribution in [3.63, 3.8) is 0 Å². The van der Waals surface area contributed by atoms with Gasteiger partial charge in [0.05, 0.1) is 12.9 Å². The zero-order valence-electron chi connectivity index (χ0n) is 10.5. The number of hydrogen-bond donors (Lipinski definition) is 2. The molecule has 2 aromatic heterocycles. The van der Waals surface area contributed by atoms with Gasteiger partial charge in [-0.3, -0.25) is 4.57 Å². The first-order chi connectivity index (χ1) is 9.58. The molecule has 8 heteroatoms. The first-order valence-corrected chi connectivity index (χ1v) is 6.00. The van der Waals surface area contributed by atoms with E-state index in [1.807, 2.05) is 0 Å². The monoisotopic (exact) mass is 277 g/mol. The van der Waals surface area contributed by atoms with Gasteiger partial charge in [0.2, 0.25) is 0 Å². The van der Waals surface area contributed by atoms with Crippen LogP contribution in [-0.4, -0.2) is 36.8 Å². The van der Waals surface area contributed by atoms with Crippen LogP contribution in [0.3, 0.4) is 0 Å². The Bertz CT molecular complexity index is 710. The van der Waals surface area contributed by atoms with Gasteiger partial charge in [0, 0.05) is 0 Å². The van der Waals surface area contributed by atoms with E-state index in [4.69, 9.17) is 16.9 Å². The van der Waals surface area contributed by atoms with Crippen molar-refractivity contribution in [2.75, 3.05) is 12.3 Å². The summed E-state index contributed by atoms with van der Waals surface area (Å²) in [5, 5.41) is 9.34. The number of nitrogens with two attached hydrogens (primary N) is 1. The quantitative estimate of drug-likeness (QED) is 0.602. The molecule has 0 bridgehead atoms. The first kappa shape index (κ1) is 12.8. The van der Waals surface area contributed by atoms with Crippen LogP contribution in [0.25, 0.3) is 11.2 Å². The van der Waals surface area contributed by atoms with Gasteiger partial charge in [0.15, 0.2) is 22.6 Å². The number of halogens is 1. The molecule has 2 aromatic rings. The highest BCUT2D eigenvalue weighted by Gasteiger charge is 2.39. The van der Waals surface area contributed by atoms with E-state index >= 15 is 0 Å². The van der Waals surface area contributed by atoms with E-state index in [-0.39, 0.29) is 18.1 Å². The van der Waals surface area contributed by atoms with Crippen molar-refractivity contribution < 1.29 is 14.2 Å².